The van der Waals surface area contributed by atoms with Crippen molar-refractivity contribution in [3.8, 4) is 17.2 Å². The third-order valence-electron chi connectivity index (χ3n) is 6.09. The van der Waals surface area contributed by atoms with Gasteiger partial charge in [-0.05, 0) is 59.4 Å². The highest BCUT2D eigenvalue weighted by molar-refractivity contribution is 6.43. The summed E-state index contributed by atoms with van der Waals surface area (Å²) in [6, 6.07) is 7.95. The first-order valence-electron chi connectivity index (χ1n) is 11.1. The molecule has 1 unspecified atom stereocenters. The SMILES string of the molecule is Cc1nc(N2[C@@H]3CC[C@H]2CC(NC(=O)OC(C)(C)C)C3)nc(C#N)c1-c1cccc(Cl)c1Cl. The topological polar surface area (TPSA) is 91.1 Å². The number of alkyl carbamates (subject to hydrolysis) is 1. The molecule has 3 heterocycles. The van der Waals surface area contributed by atoms with Crippen molar-refractivity contribution in [2.75, 3.05) is 4.90 Å². The van der Waals surface area contributed by atoms with E-state index in [1.54, 1.807) is 12.1 Å². The summed E-state index contributed by atoms with van der Waals surface area (Å²) in [6.45, 7) is 7.42. The maximum atomic E-state index is 12.2. The normalized spacial score (nSPS) is 22.1. The van der Waals surface area contributed by atoms with E-state index in [4.69, 9.17) is 32.9 Å². The Hall–Kier alpha value is -2.56. The van der Waals surface area contributed by atoms with Gasteiger partial charge in [0.25, 0.3) is 0 Å². The summed E-state index contributed by atoms with van der Waals surface area (Å²) in [7, 11) is 0. The van der Waals surface area contributed by atoms with Gasteiger partial charge in [0, 0.05) is 29.3 Å². The predicted octanol–water partition coefficient (Wildman–Crippen LogP) is 5.66. The molecule has 2 aliphatic rings. The number of anilines is 1. The molecule has 0 spiro atoms. The number of hydrogen-bond donors (Lipinski definition) is 1. The van der Waals surface area contributed by atoms with Crippen LogP contribution in [0.15, 0.2) is 18.2 Å². The fraction of sp³-hybridized carbons (Fsp3) is 0.500. The molecule has 1 amide bonds. The van der Waals surface area contributed by atoms with Gasteiger partial charge in [0.15, 0.2) is 5.69 Å². The first-order valence-corrected chi connectivity index (χ1v) is 11.8. The lowest BCUT2D eigenvalue weighted by atomic mass is 9.97. The van der Waals surface area contributed by atoms with Gasteiger partial charge in [-0.1, -0.05) is 35.3 Å². The van der Waals surface area contributed by atoms with Crippen LogP contribution in [0.4, 0.5) is 10.7 Å². The highest BCUT2D eigenvalue weighted by Gasteiger charge is 2.43. The number of hydrogen-bond acceptors (Lipinski definition) is 6. The van der Waals surface area contributed by atoms with Crippen LogP contribution in [0.3, 0.4) is 0 Å². The number of piperidine rings is 1. The largest absolute Gasteiger partial charge is 0.444 e. The highest BCUT2D eigenvalue weighted by atomic mass is 35.5. The van der Waals surface area contributed by atoms with Crippen molar-refractivity contribution in [3.05, 3.63) is 39.6 Å². The number of halogens is 2. The number of nitriles is 1. The Balaban J connectivity index is 1.59. The van der Waals surface area contributed by atoms with Crippen LogP contribution in [0.5, 0.6) is 0 Å². The van der Waals surface area contributed by atoms with Gasteiger partial charge in [0.1, 0.15) is 11.7 Å². The first-order chi connectivity index (χ1) is 15.6. The van der Waals surface area contributed by atoms with Crippen molar-refractivity contribution in [2.24, 2.45) is 0 Å². The molecule has 2 saturated heterocycles. The average Bonchev–Trinajstić information content (AvgIpc) is 2.99. The van der Waals surface area contributed by atoms with E-state index in [1.165, 1.54) is 0 Å². The Morgan fingerprint density at radius 3 is 2.48 bits per heavy atom. The molecule has 1 aromatic heterocycles. The lowest BCUT2D eigenvalue weighted by molar-refractivity contribution is 0.0492. The Bertz CT molecular complexity index is 1110. The molecule has 174 valence electrons. The van der Waals surface area contributed by atoms with Crippen LogP contribution in [0, 0.1) is 18.3 Å². The second kappa shape index (κ2) is 9.00. The van der Waals surface area contributed by atoms with Crippen LogP contribution in [-0.4, -0.2) is 39.8 Å². The van der Waals surface area contributed by atoms with Crippen LogP contribution in [0.2, 0.25) is 10.0 Å². The molecule has 3 atom stereocenters. The zero-order chi connectivity index (χ0) is 23.9. The molecule has 2 fully saturated rings. The van der Waals surface area contributed by atoms with Gasteiger partial charge >= 0.3 is 6.09 Å². The number of benzene rings is 1. The number of aromatic nitrogens is 2. The number of fused-ring (bicyclic) bond motifs is 2. The van der Waals surface area contributed by atoms with Crippen molar-refractivity contribution in [3.63, 3.8) is 0 Å². The maximum absolute atomic E-state index is 12.2. The van der Waals surface area contributed by atoms with Gasteiger partial charge in [0.05, 0.1) is 15.7 Å². The quantitative estimate of drug-likeness (QED) is 0.600. The molecule has 1 aromatic carbocycles. The van der Waals surface area contributed by atoms with Gasteiger partial charge in [-0.25, -0.2) is 14.8 Å². The highest BCUT2D eigenvalue weighted by Crippen LogP contribution is 2.40. The molecule has 2 aromatic rings. The average molecular weight is 488 g/mol. The van der Waals surface area contributed by atoms with Gasteiger partial charge in [-0.3, -0.25) is 0 Å². The van der Waals surface area contributed by atoms with E-state index in [0.29, 0.717) is 32.8 Å². The number of rotatable bonds is 3. The van der Waals surface area contributed by atoms with E-state index in [1.807, 2.05) is 33.8 Å². The number of nitrogens with one attached hydrogen (secondary N) is 1. The molecule has 2 bridgehead atoms. The standard InChI is InChI=1S/C24H27Cl2N5O2/c1-13-20(17-6-5-7-18(25)21(17)26)19(12-27)30-22(28-13)31-15-8-9-16(31)11-14(10-15)29-23(32)33-24(2,3)4/h5-7,14-16H,8-11H2,1-4H3,(H,29,32)/t14?,15-,16+. The van der Waals surface area contributed by atoms with E-state index in [2.05, 4.69) is 21.3 Å². The molecule has 9 heteroatoms. The van der Waals surface area contributed by atoms with Crippen LogP contribution < -0.4 is 10.2 Å². The molecule has 2 aliphatic heterocycles. The van der Waals surface area contributed by atoms with Crippen molar-refractivity contribution in [2.45, 2.75) is 77.1 Å². The monoisotopic (exact) mass is 487 g/mol. The smallest absolute Gasteiger partial charge is 0.407 e. The number of ether oxygens (including phenoxy) is 1. The lowest BCUT2D eigenvalue weighted by Crippen LogP contribution is -2.51. The van der Waals surface area contributed by atoms with Crippen LogP contribution in [0.1, 0.15) is 57.8 Å². The van der Waals surface area contributed by atoms with Crippen molar-refractivity contribution in [1.29, 1.82) is 5.26 Å². The summed E-state index contributed by atoms with van der Waals surface area (Å²) in [5, 5.41) is 13.7. The zero-order valence-corrected chi connectivity index (χ0v) is 20.7. The molecule has 7 nitrogen and oxygen atoms in total. The van der Waals surface area contributed by atoms with Gasteiger partial charge in [0.2, 0.25) is 5.95 Å². The van der Waals surface area contributed by atoms with Crippen LogP contribution in [-0.2, 0) is 4.74 Å². The third kappa shape index (κ3) is 4.87. The van der Waals surface area contributed by atoms with E-state index < -0.39 is 5.60 Å². The van der Waals surface area contributed by atoms with Crippen molar-refractivity contribution < 1.29 is 9.53 Å². The minimum absolute atomic E-state index is 0.0367. The minimum Gasteiger partial charge on any atom is -0.444 e. The molecular weight excluding hydrogens is 461 g/mol. The molecule has 33 heavy (non-hydrogen) atoms. The van der Waals surface area contributed by atoms with E-state index >= 15 is 0 Å². The number of carbonyl (C=O) groups is 1. The van der Waals surface area contributed by atoms with Crippen molar-refractivity contribution in [1.82, 2.24) is 15.3 Å². The summed E-state index contributed by atoms with van der Waals surface area (Å²) < 4.78 is 5.42. The summed E-state index contributed by atoms with van der Waals surface area (Å²) in [4.78, 5) is 23.9. The summed E-state index contributed by atoms with van der Waals surface area (Å²) in [5.74, 6) is 0.550. The summed E-state index contributed by atoms with van der Waals surface area (Å²) in [5.41, 5.74) is 1.66. The molecule has 0 aliphatic carbocycles. The minimum atomic E-state index is -0.531. The number of amides is 1. The Labute approximate surface area is 204 Å². The number of nitrogens with zero attached hydrogens (tertiary/aromatic N) is 4. The van der Waals surface area contributed by atoms with E-state index in [0.717, 1.165) is 25.7 Å². The molecule has 0 radical (unpaired) electrons. The number of aryl methyl sites for hydroxylation is 1. The van der Waals surface area contributed by atoms with Crippen LogP contribution in [0.25, 0.3) is 11.1 Å². The maximum Gasteiger partial charge on any atom is 0.407 e. The Morgan fingerprint density at radius 1 is 1.21 bits per heavy atom. The number of carbonyl (C=O) groups excluding carboxylic acids is 1. The Kier molecular flexibility index (Phi) is 6.43. The predicted molar refractivity (Wildman–Crippen MR) is 129 cm³/mol. The fourth-order valence-corrected chi connectivity index (χ4v) is 5.26. The van der Waals surface area contributed by atoms with E-state index in [-0.39, 0.29) is 29.9 Å². The zero-order valence-electron chi connectivity index (χ0n) is 19.2. The Morgan fingerprint density at radius 2 is 1.88 bits per heavy atom. The summed E-state index contributed by atoms with van der Waals surface area (Å²) >= 11 is 12.6. The second-order valence-corrected chi connectivity index (χ2v) is 10.4. The molecule has 0 saturated carbocycles. The molecule has 1 N–H and O–H groups in total. The van der Waals surface area contributed by atoms with E-state index in [9.17, 15) is 10.1 Å². The van der Waals surface area contributed by atoms with Gasteiger partial charge in [-0.15, -0.1) is 0 Å². The molecular formula is C24H27Cl2N5O2. The van der Waals surface area contributed by atoms with Gasteiger partial charge < -0.3 is 15.0 Å². The summed E-state index contributed by atoms with van der Waals surface area (Å²) in [6.07, 6.45) is 3.15. The molecule has 4 rings (SSSR count). The lowest BCUT2D eigenvalue weighted by Gasteiger charge is -2.39. The third-order valence-corrected chi connectivity index (χ3v) is 6.91. The van der Waals surface area contributed by atoms with Gasteiger partial charge in [-0.2, -0.15) is 5.26 Å². The fourth-order valence-electron chi connectivity index (χ4n) is 4.87. The van der Waals surface area contributed by atoms with Crippen LogP contribution >= 0.6 is 23.2 Å². The first kappa shape index (κ1) is 23.6. The van der Waals surface area contributed by atoms with Crippen molar-refractivity contribution >= 4 is 35.2 Å². The second-order valence-electron chi connectivity index (χ2n) is 9.65.